The number of anilines is 1. The summed E-state index contributed by atoms with van der Waals surface area (Å²) in [5.41, 5.74) is 2.04. The number of benzene rings is 1. The van der Waals surface area contributed by atoms with Crippen molar-refractivity contribution in [2.24, 2.45) is 5.92 Å². The van der Waals surface area contributed by atoms with Gasteiger partial charge in [0, 0.05) is 12.3 Å². The molecule has 2 aromatic heterocycles. The van der Waals surface area contributed by atoms with E-state index in [0.717, 1.165) is 18.6 Å². The van der Waals surface area contributed by atoms with Crippen LogP contribution in [0.3, 0.4) is 0 Å². The van der Waals surface area contributed by atoms with E-state index >= 15 is 0 Å². The van der Waals surface area contributed by atoms with E-state index in [9.17, 15) is 20.1 Å². The summed E-state index contributed by atoms with van der Waals surface area (Å²) >= 11 is 1.50. The Kier molecular flexibility index (Phi) is 6.87. The largest absolute Gasteiger partial charge is 0.481 e. The van der Waals surface area contributed by atoms with Crippen LogP contribution in [0.1, 0.15) is 31.4 Å². The number of hydrogen-bond acceptors (Lipinski definition) is 9. The van der Waals surface area contributed by atoms with Crippen molar-refractivity contribution in [3.05, 3.63) is 35.9 Å². The normalized spacial score (nSPS) is 23.0. The molecular formula is C21H26N6O4S. The molecule has 1 aliphatic carbocycles. The van der Waals surface area contributed by atoms with Crippen molar-refractivity contribution in [3.63, 3.8) is 0 Å². The minimum atomic E-state index is -1.38. The zero-order valence-electron chi connectivity index (χ0n) is 17.6. The van der Waals surface area contributed by atoms with E-state index in [2.05, 4.69) is 44.7 Å². The van der Waals surface area contributed by atoms with E-state index in [4.69, 9.17) is 0 Å². The number of aromatic nitrogens is 5. The zero-order valence-corrected chi connectivity index (χ0v) is 18.4. The van der Waals surface area contributed by atoms with Crippen LogP contribution < -0.4 is 5.32 Å². The van der Waals surface area contributed by atoms with Gasteiger partial charge in [-0.3, -0.25) is 4.79 Å². The lowest BCUT2D eigenvalue weighted by molar-refractivity contribution is -0.145. The number of carboxylic acids is 1. The van der Waals surface area contributed by atoms with Crippen molar-refractivity contribution >= 4 is 34.7 Å². The Balaban J connectivity index is 1.64. The summed E-state index contributed by atoms with van der Waals surface area (Å²) in [7, 11) is 0. The molecule has 0 saturated heterocycles. The van der Waals surface area contributed by atoms with Crippen molar-refractivity contribution in [1.29, 1.82) is 0 Å². The molecule has 170 valence electrons. The first-order valence-corrected chi connectivity index (χ1v) is 11.6. The molecule has 3 unspecified atom stereocenters. The molecule has 3 aromatic rings. The standard InChI is InChI=1S/C21H26N6O4S/c1-2-10-32-21-23-18(22-9-8-12-6-4-3-5-7-12)15-19(24-21)27(26-25-15)14-11-13(20(30)31)16(28)17(14)29/h3-7,13-14,16-17,28-29H,2,8-11H2,1H3,(H,30,31)(H,22,23,24)/t13-,14?,16?,17?/m0/s1. The minimum Gasteiger partial charge on any atom is -0.481 e. The summed E-state index contributed by atoms with van der Waals surface area (Å²) in [6.45, 7) is 2.70. The molecule has 0 bridgehead atoms. The van der Waals surface area contributed by atoms with E-state index in [1.807, 2.05) is 18.2 Å². The van der Waals surface area contributed by atoms with Crippen molar-refractivity contribution < 1.29 is 20.1 Å². The molecule has 1 fully saturated rings. The molecule has 2 heterocycles. The maximum Gasteiger partial charge on any atom is 0.309 e. The third kappa shape index (κ3) is 4.54. The summed E-state index contributed by atoms with van der Waals surface area (Å²) in [5, 5.41) is 42.3. The van der Waals surface area contributed by atoms with Gasteiger partial charge in [-0.2, -0.15) is 0 Å². The van der Waals surface area contributed by atoms with Crippen LogP contribution in [0.25, 0.3) is 11.2 Å². The van der Waals surface area contributed by atoms with Gasteiger partial charge in [-0.1, -0.05) is 54.2 Å². The molecule has 32 heavy (non-hydrogen) atoms. The molecule has 1 saturated carbocycles. The van der Waals surface area contributed by atoms with Gasteiger partial charge >= 0.3 is 5.97 Å². The number of carboxylic acid groups (broad SMARTS) is 1. The van der Waals surface area contributed by atoms with E-state index < -0.39 is 30.1 Å². The first-order valence-electron chi connectivity index (χ1n) is 10.6. The molecule has 1 aliphatic rings. The van der Waals surface area contributed by atoms with Gasteiger partial charge in [-0.05, 0) is 24.8 Å². The van der Waals surface area contributed by atoms with Crippen LogP contribution in [0.2, 0.25) is 0 Å². The predicted molar refractivity (Wildman–Crippen MR) is 120 cm³/mol. The second-order valence-corrected chi connectivity index (χ2v) is 8.86. The molecule has 1 aromatic carbocycles. The number of hydrogen-bond donors (Lipinski definition) is 4. The van der Waals surface area contributed by atoms with E-state index in [1.165, 1.54) is 22.0 Å². The fourth-order valence-corrected chi connectivity index (χ4v) is 4.57. The number of aliphatic hydroxyl groups is 2. The smallest absolute Gasteiger partial charge is 0.309 e. The van der Waals surface area contributed by atoms with E-state index in [1.54, 1.807) is 0 Å². The Hall–Kier alpha value is -2.76. The first-order chi connectivity index (χ1) is 15.5. The molecule has 10 nitrogen and oxygen atoms in total. The Morgan fingerprint density at radius 2 is 2.00 bits per heavy atom. The third-order valence-electron chi connectivity index (χ3n) is 5.57. The lowest BCUT2D eigenvalue weighted by atomic mass is 10.1. The fourth-order valence-electron chi connectivity index (χ4n) is 3.88. The minimum absolute atomic E-state index is 0.0360. The summed E-state index contributed by atoms with van der Waals surface area (Å²) in [5.74, 6) is -0.852. The number of aliphatic carboxylic acids is 1. The monoisotopic (exact) mass is 458 g/mol. The van der Waals surface area contributed by atoms with Gasteiger partial charge in [0.2, 0.25) is 0 Å². The molecule has 4 atom stereocenters. The number of rotatable bonds is 9. The van der Waals surface area contributed by atoms with Crippen LogP contribution in [0.5, 0.6) is 0 Å². The molecule has 0 amide bonds. The summed E-state index contributed by atoms with van der Waals surface area (Å²) < 4.78 is 1.42. The van der Waals surface area contributed by atoms with Crippen LogP contribution in [0.4, 0.5) is 5.82 Å². The second kappa shape index (κ2) is 9.80. The Labute approximate surface area is 189 Å². The quantitative estimate of drug-likeness (QED) is 0.276. The summed E-state index contributed by atoms with van der Waals surface area (Å²) in [4.78, 5) is 20.6. The molecule has 4 rings (SSSR count). The van der Waals surface area contributed by atoms with Gasteiger partial charge in [0.05, 0.1) is 18.1 Å². The topological polar surface area (TPSA) is 146 Å². The zero-order chi connectivity index (χ0) is 22.7. The number of fused-ring (bicyclic) bond motifs is 1. The Morgan fingerprint density at radius 1 is 1.22 bits per heavy atom. The number of nitrogens with one attached hydrogen (secondary N) is 1. The van der Waals surface area contributed by atoms with Crippen molar-refractivity contribution in [3.8, 4) is 0 Å². The van der Waals surface area contributed by atoms with E-state index in [-0.39, 0.29) is 6.42 Å². The fraction of sp³-hybridized carbons (Fsp3) is 0.476. The highest BCUT2D eigenvalue weighted by atomic mass is 32.2. The summed E-state index contributed by atoms with van der Waals surface area (Å²) in [6, 6.07) is 9.34. The molecule has 0 aliphatic heterocycles. The number of thioether (sulfide) groups is 1. The lowest BCUT2D eigenvalue weighted by Gasteiger charge is -2.16. The van der Waals surface area contributed by atoms with Crippen molar-refractivity contribution in [2.75, 3.05) is 17.6 Å². The van der Waals surface area contributed by atoms with Gasteiger partial charge < -0.3 is 20.6 Å². The highest BCUT2D eigenvalue weighted by molar-refractivity contribution is 7.99. The third-order valence-corrected chi connectivity index (χ3v) is 6.62. The van der Waals surface area contributed by atoms with Gasteiger partial charge in [0.15, 0.2) is 22.1 Å². The molecular weight excluding hydrogens is 432 g/mol. The molecule has 4 N–H and O–H groups in total. The van der Waals surface area contributed by atoms with Crippen molar-refractivity contribution in [1.82, 2.24) is 25.0 Å². The highest BCUT2D eigenvalue weighted by Gasteiger charge is 2.47. The second-order valence-electron chi connectivity index (χ2n) is 7.80. The SMILES string of the molecule is CCCSc1nc(NCCc2ccccc2)c2nnn(C3C[C@H](C(=O)O)C(O)C3O)c2n1. The summed E-state index contributed by atoms with van der Waals surface area (Å²) in [6.07, 6.45) is -0.873. The van der Waals surface area contributed by atoms with Crippen LogP contribution in [-0.2, 0) is 11.2 Å². The lowest BCUT2D eigenvalue weighted by Crippen LogP contribution is -2.32. The molecule has 11 heteroatoms. The number of nitrogens with zero attached hydrogens (tertiary/aromatic N) is 5. The maximum atomic E-state index is 11.4. The molecule has 0 radical (unpaired) electrons. The Bertz CT molecular complexity index is 1080. The van der Waals surface area contributed by atoms with Crippen LogP contribution >= 0.6 is 11.8 Å². The molecule has 0 spiro atoms. The predicted octanol–water partition coefficient (Wildman–Crippen LogP) is 1.75. The number of carbonyl (C=O) groups is 1. The average Bonchev–Trinajstić information content (AvgIpc) is 3.34. The highest BCUT2D eigenvalue weighted by Crippen LogP contribution is 2.37. The van der Waals surface area contributed by atoms with Crippen LogP contribution in [-0.4, -0.2) is 70.8 Å². The van der Waals surface area contributed by atoms with Gasteiger partial charge in [0.25, 0.3) is 0 Å². The van der Waals surface area contributed by atoms with Gasteiger partial charge in [-0.25, -0.2) is 14.6 Å². The maximum absolute atomic E-state index is 11.4. The van der Waals surface area contributed by atoms with Gasteiger partial charge in [0.1, 0.15) is 6.10 Å². The van der Waals surface area contributed by atoms with E-state index in [0.29, 0.717) is 28.7 Å². The average molecular weight is 459 g/mol. The first kappa shape index (κ1) is 22.4. The van der Waals surface area contributed by atoms with Crippen molar-refractivity contribution in [2.45, 2.75) is 49.6 Å². The van der Waals surface area contributed by atoms with Gasteiger partial charge in [-0.15, -0.1) is 5.10 Å². The van der Waals surface area contributed by atoms with Crippen LogP contribution in [0, 0.1) is 5.92 Å². The Morgan fingerprint density at radius 3 is 2.69 bits per heavy atom. The van der Waals surface area contributed by atoms with Crippen LogP contribution in [0.15, 0.2) is 35.5 Å². The number of aliphatic hydroxyl groups excluding tert-OH is 2.